The minimum atomic E-state index is 0.309. The molecule has 0 aromatic carbocycles. The molecule has 19 heavy (non-hydrogen) atoms. The molecule has 3 heterocycles. The van der Waals surface area contributed by atoms with Crippen molar-refractivity contribution in [3.05, 3.63) is 17.8 Å². The van der Waals surface area contributed by atoms with Gasteiger partial charge in [-0.25, -0.2) is 4.98 Å². The SMILES string of the molecule is N#Cc1nc(NC2CCN3CCCC3C2)ccc1N. The summed E-state index contributed by atoms with van der Waals surface area (Å²) in [5.41, 5.74) is 6.44. The lowest BCUT2D eigenvalue weighted by molar-refractivity contribution is 0.188. The Morgan fingerprint density at radius 2 is 2.26 bits per heavy atom. The largest absolute Gasteiger partial charge is 0.396 e. The number of rotatable bonds is 2. The first-order valence-corrected chi connectivity index (χ1v) is 6.93. The van der Waals surface area contributed by atoms with Gasteiger partial charge in [0.15, 0.2) is 5.69 Å². The summed E-state index contributed by atoms with van der Waals surface area (Å²) in [5.74, 6) is 0.766. The van der Waals surface area contributed by atoms with E-state index >= 15 is 0 Å². The predicted molar refractivity (Wildman–Crippen MR) is 74.6 cm³/mol. The number of fused-ring (bicyclic) bond motifs is 1. The van der Waals surface area contributed by atoms with Crippen molar-refractivity contribution in [3.8, 4) is 6.07 Å². The van der Waals surface area contributed by atoms with Crippen molar-refractivity contribution < 1.29 is 0 Å². The zero-order valence-electron chi connectivity index (χ0n) is 11.0. The van der Waals surface area contributed by atoms with E-state index in [1.165, 1.54) is 32.4 Å². The quantitative estimate of drug-likeness (QED) is 0.841. The lowest BCUT2D eigenvalue weighted by Crippen LogP contribution is -2.42. The number of hydrogen-bond acceptors (Lipinski definition) is 5. The number of nitriles is 1. The lowest BCUT2D eigenvalue weighted by atomic mass is 9.97. The first kappa shape index (κ1) is 12.2. The Hall–Kier alpha value is -1.80. The Bertz CT molecular complexity index is 507. The minimum absolute atomic E-state index is 0.309. The van der Waals surface area contributed by atoms with Crippen molar-refractivity contribution >= 4 is 11.5 Å². The molecule has 1 aromatic rings. The van der Waals surface area contributed by atoms with Crippen molar-refractivity contribution in [2.24, 2.45) is 0 Å². The van der Waals surface area contributed by atoms with E-state index < -0.39 is 0 Å². The molecule has 0 aliphatic carbocycles. The molecule has 2 aliphatic heterocycles. The first-order valence-electron chi connectivity index (χ1n) is 6.93. The van der Waals surface area contributed by atoms with Crippen molar-refractivity contribution in [1.29, 1.82) is 5.26 Å². The van der Waals surface area contributed by atoms with Gasteiger partial charge in [-0.1, -0.05) is 0 Å². The highest BCUT2D eigenvalue weighted by atomic mass is 15.2. The number of piperidine rings is 1. The number of pyridine rings is 1. The van der Waals surface area contributed by atoms with E-state index in [0.717, 1.165) is 18.3 Å². The van der Waals surface area contributed by atoms with Gasteiger partial charge in [-0.3, -0.25) is 0 Å². The van der Waals surface area contributed by atoms with Gasteiger partial charge < -0.3 is 16.0 Å². The smallest absolute Gasteiger partial charge is 0.165 e. The van der Waals surface area contributed by atoms with E-state index in [4.69, 9.17) is 11.0 Å². The van der Waals surface area contributed by atoms with Gasteiger partial charge in [0, 0.05) is 18.6 Å². The molecular formula is C14H19N5. The van der Waals surface area contributed by atoms with Crippen molar-refractivity contribution in [2.45, 2.75) is 37.8 Å². The maximum Gasteiger partial charge on any atom is 0.165 e. The van der Waals surface area contributed by atoms with E-state index in [1.54, 1.807) is 6.07 Å². The highest BCUT2D eigenvalue weighted by Crippen LogP contribution is 2.28. The lowest BCUT2D eigenvalue weighted by Gasteiger charge is -2.35. The van der Waals surface area contributed by atoms with Crippen molar-refractivity contribution in [2.75, 3.05) is 24.1 Å². The van der Waals surface area contributed by atoms with Gasteiger partial charge >= 0.3 is 0 Å². The zero-order valence-corrected chi connectivity index (χ0v) is 11.0. The van der Waals surface area contributed by atoms with Gasteiger partial charge in [0.1, 0.15) is 11.9 Å². The van der Waals surface area contributed by atoms with E-state index in [2.05, 4.69) is 15.2 Å². The van der Waals surface area contributed by atoms with E-state index in [0.29, 0.717) is 17.4 Å². The standard InChI is InChI=1S/C14H19N5/c15-9-13-12(16)3-4-14(18-13)17-10-5-7-19-6-1-2-11(19)8-10/h3-4,10-11H,1-2,5-8,16H2,(H,17,18). The molecule has 0 amide bonds. The van der Waals surface area contributed by atoms with Gasteiger partial charge in [0.05, 0.1) is 5.69 Å². The van der Waals surface area contributed by atoms with Gasteiger partial charge in [0.2, 0.25) is 0 Å². The molecule has 2 atom stereocenters. The molecular weight excluding hydrogens is 238 g/mol. The molecule has 100 valence electrons. The van der Waals surface area contributed by atoms with Crippen LogP contribution in [0.3, 0.4) is 0 Å². The summed E-state index contributed by atoms with van der Waals surface area (Å²) >= 11 is 0. The van der Waals surface area contributed by atoms with E-state index in [9.17, 15) is 0 Å². The number of nitrogens with two attached hydrogens (primary N) is 1. The number of anilines is 2. The third kappa shape index (κ3) is 2.49. The maximum atomic E-state index is 8.94. The number of aromatic nitrogens is 1. The molecule has 0 bridgehead atoms. The molecule has 3 N–H and O–H groups in total. The number of nitrogens with zero attached hydrogens (tertiary/aromatic N) is 3. The van der Waals surface area contributed by atoms with Gasteiger partial charge in [-0.2, -0.15) is 5.26 Å². The summed E-state index contributed by atoms with van der Waals surface area (Å²) in [6.45, 7) is 2.43. The van der Waals surface area contributed by atoms with Crippen LogP contribution in [0.25, 0.3) is 0 Å². The van der Waals surface area contributed by atoms with Crippen LogP contribution in [0.1, 0.15) is 31.4 Å². The number of nitrogens with one attached hydrogen (secondary N) is 1. The topological polar surface area (TPSA) is 78.0 Å². The normalized spacial score (nSPS) is 26.7. The van der Waals surface area contributed by atoms with Crippen LogP contribution >= 0.6 is 0 Å². The number of hydrogen-bond donors (Lipinski definition) is 2. The summed E-state index contributed by atoms with van der Waals surface area (Å²) in [6.07, 6.45) is 4.96. The van der Waals surface area contributed by atoms with Crippen LogP contribution in [0.15, 0.2) is 12.1 Å². The average molecular weight is 257 g/mol. The summed E-state index contributed by atoms with van der Waals surface area (Å²) in [7, 11) is 0. The average Bonchev–Trinajstić information content (AvgIpc) is 2.88. The first-order chi connectivity index (χ1) is 9.26. The Morgan fingerprint density at radius 1 is 1.37 bits per heavy atom. The summed E-state index contributed by atoms with van der Waals surface area (Å²) in [6, 6.07) is 6.82. The van der Waals surface area contributed by atoms with Crippen LogP contribution in [-0.4, -0.2) is 35.1 Å². The van der Waals surface area contributed by atoms with Gasteiger partial charge in [0.25, 0.3) is 0 Å². The second-order valence-corrected chi connectivity index (χ2v) is 5.44. The van der Waals surface area contributed by atoms with Crippen LogP contribution < -0.4 is 11.1 Å². The third-order valence-electron chi connectivity index (χ3n) is 4.20. The fourth-order valence-corrected chi connectivity index (χ4v) is 3.20. The monoisotopic (exact) mass is 257 g/mol. The Kier molecular flexibility index (Phi) is 3.26. The second kappa shape index (κ2) is 5.06. The van der Waals surface area contributed by atoms with Gasteiger partial charge in [-0.05, 0) is 44.4 Å². The maximum absolute atomic E-state index is 8.94. The minimum Gasteiger partial charge on any atom is -0.396 e. The van der Waals surface area contributed by atoms with Crippen LogP contribution in [0.4, 0.5) is 11.5 Å². The molecule has 0 spiro atoms. The zero-order chi connectivity index (χ0) is 13.2. The van der Waals surface area contributed by atoms with Crippen LogP contribution in [0.2, 0.25) is 0 Å². The molecule has 5 nitrogen and oxygen atoms in total. The van der Waals surface area contributed by atoms with Crippen LogP contribution in [0.5, 0.6) is 0 Å². The van der Waals surface area contributed by atoms with E-state index in [-0.39, 0.29) is 0 Å². The van der Waals surface area contributed by atoms with Crippen LogP contribution in [-0.2, 0) is 0 Å². The third-order valence-corrected chi connectivity index (χ3v) is 4.20. The highest BCUT2D eigenvalue weighted by Gasteiger charge is 2.31. The molecule has 2 fully saturated rings. The molecule has 2 aliphatic rings. The fraction of sp³-hybridized carbons (Fsp3) is 0.571. The molecule has 2 unspecified atom stereocenters. The molecule has 1 aromatic heterocycles. The highest BCUT2D eigenvalue weighted by molar-refractivity contribution is 5.54. The molecule has 3 rings (SSSR count). The Labute approximate surface area is 113 Å². The number of nitrogen functional groups attached to an aromatic ring is 1. The Balaban J connectivity index is 1.67. The summed E-state index contributed by atoms with van der Waals surface area (Å²) in [4.78, 5) is 6.85. The molecule has 5 heteroatoms. The van der Waals surface area contributed by atoms with E-state index in [1.807, 2.05) is 12.1 Å². The molecule has 0 radical (unpaired) electrons. The predicted octanol–water partition coefficient (Wildman–Crippen LogP) is 1.57. The summed E-state index contributed by atoms with van der Waals surface area (Å²) < 4.78 is 0. The van der Waals surface area contributed by atoms with Crippen molar-refractivity contribution in [3.63, 3.8) is 0 Å². The van der Waals surface area contributed by atoms with Crippen molar-refractivity contribution in [1.82, 2.24) is 9.88 Å². The fourth-order valence-electron chi connectivity index (χ4n) is 3.20. The Morgan fingerprint density at radius 3 is 3.11 bits per heavy atom. The second-order valence-electron chi connectivity index (χ2n) is 5.44. The molecule has 2 saturated heterocycles. The van der Waals surface area contributed by atoms with Crippen LogP contribution in [0, 0.1) is 11.3 Å². The summed E-state index contributed by atoms with van der Waals surface area (Å²) in [5, 5.41) is 12.4. The molecule has 0 saturated carbocycles. The van der Waals surface area contributed by atoms with Gasteiger partial charge in [-0.15, -0.1) is 0 Å².